The molecule has 0 aliphatic heterocycles. The van der Waals surface area contributed by atoms with Crippen LogP contribution in [0.3, 0.4) is 0 Å². The fourth-order valence-electron chi connectivity index (χ4n) is 11.4. The van der Waals surface area contributed by atoms with Crippen molar-refractivity contribution in [2.75, 3.05) is 45.8 Å². The van der Waals surface area contributed by atoms with Gasteiger partial charge in [-0.2, -0.15) is 8.42 Å². The van der Waals surface area contributed by atoms with Crippen molar-refractivity contribution in [2.24, 2.45) is 63.9 Å². The second-order valence-corrected chi connectivity index (χ2v) is 18.5. The third-order valence-electron chi connectivity index (χ3n) is 14.1. The predicted molar refractivity (Wildman–Crippen MR) is 196 cm³/mol. The lowest BCUT2D eigenvalue weighted by molar-refractivity contribution is -0.169. The molecule has 0 radical (unpaired) electrons. The number of nitrogens with one attached hydrogen (secondary N) is 3. The van der Waals surface area contributed by atoms with E-state index in [-0.39, 0.29) is 17.4 Å². The molecule has 4 aliphatic carbocycles. The van der Waals surface area contributed by atoms with Crippen molar-refractivity contribution in [3.8, 4) is 0 Å². The molecule has 4 aliphatic rings. The number of hydrogen-bond acceptors (Lipinski definition) is 8. The van der Waals surface area contributed by atoms with Gasteiger partial charge in [-0.3, -0.25) is 4.55 Å². The Morgan fingerprint density at radius 2 is 1.44 bits per heavy atom. The van der Waals surface area contributed by atoms with E-state index in [9.17, 15) is 18.1 Å². The molecule has 282 valence electrons. The summed E-state index contributed by atoms with van der Waals surface area (Å²) in [4.78, 5) is 0. The van der Waals surface area contributed by atoms with Gasteiger partial charge < -0.3 is 26.8 Å². The fraction of sp³-hybridized carbons (Fsp3) is 1.00. The minimum absolute atomic E-state index is 0.0146. The quantitative estimate of drug-likeness (QED) is 0.0649. The van der Waals surface area contributed by atoms with E-state index in [0.717, 1.165) is 71.0 Å². The highest BCUT2D eigenvalue weighted by atomic mass is 32.3. The molecule has 4 fully saturated rings. The number of fused-ring (bicyclic) bond motifs is 5. The Morgan fingerprint density at radius 1 is 0.812 bits per heavy atom. The molecular formula is C38H74N4O5S. The van der Waals surface area contributed by atoms with Gasteiger partial charge in [-0.25, -0.2) is 4.18 Å². The van der Waals surface area contributed by atoms with Crippen LogP contribution in [0.2, 0.25) is 0 Å². The van der Waals surface area contributed by atoms with Crippen LogP contribution in [0, 0.1) is 58.2 Å². The first-order valence-corrected chi connectivity index (χ1v) is 21.3. The monoisotopic (exact) mass is 699 g/mol. The molecule has 0 aromatic rings. The highest BCUT2D eigenvalue weighted by Crippen LogP contribution is 2.68. The lowest BCUT2D eigenvalue weighted by Gasteiger charge is -2.62. The van der Waals surface area contributed by atoms with Crippen LogP contribution in [0.1, 0.15) is 125 Å². The van der Waals surface area contributed by atoms with Gasteiger partial charge in [0.15, 0.2) is 0 Å². The first-order chi connectivity index (χ1) is 22.8. The Hall–Kier alpha value is -0.330. The van der Waals surface area contributed by atoms with Crippen LogP contribution in [-0.4, -0.2) is 76.1 Å². The van der Waals surface area contributed by atoms with E-state index in [0.29, 0.717) is 47.3 Å². The van der Waals surface area contributed by atoms with Gasteiger partial charge >= 0.3 is 10.4 Å². The minimum Gasteiger partial charge on any atom is -0.393 e. The van der Waals surface area contributed by atoms with E-state index in [1.54, 1.807) is 0 Å². The summed E-state index contributed by atoms with van der Waals surface area (Å²) in [5, 5.41) is 22.7. The number of unbranched alkanes of at least 4 members (excludes halogenated alkanes) is 1. The second kappa shape index (κ2) is 18.4. The molecule has 4 rings (SSSR count). The molecule has 48 heavy (non-hydrogen) atoms. The van der Waals surface area contributed by atoms with Gasteiger partial charge in [-0.1, -0.05) is 34.6 Å². The topological polar surface area (TPSA) is 146 Å². The highest BCUT2D eigenvalue weighted by Gasteiger charge is 2.62. The molecule has 0 saturated heterocycles. The van der Waals surface area contributed by atoms with Crippen LogP contribution in [0.4, 0.5) is 0 Å². The van der Waals surface area contributed by atoms with Gasteiger partial charge in [-0.05, 0) is 194 Å². The molecule has 7 N–H and O–H groups in total. The summed E-state index contributed by atoms with van der Waals surface area (Å²) >= 11 is 0. The molecule has 0 amide bonds. The van der Waals surface area contributed by atoms with Gasteiger partial charge in [0.1, 0.15) is 0 Å². The standard InChI is InChI=1S/C38H74N4O5S/c1-27(2)35(47-48(44,45)46)13-10-28(3)31-11-12-32-36-33(15-17-38(31,32)5)37(4)16-14-29(24-30(37)25-34(36)43)26-42-23-9-22-41-20-7-6-19-40-21-8-18-39/h27-36,40-43H,6-26,39H2,1-5H3,(H,44,45,46)/t28-,29?,30-,31-,32+,33+,34-,35-,36+,37?,38-/m1/s1. The van der Waals surface area contributed by atoms with Crippen molar-refractivity contribution < 1.29 is 22.3 Å². The second-order valence-electron chi connectivity index (χ2n) is 17.4. The van der Waals surface area contributed by atoms with Gasteiger partial charge in [0.2, 0.25) is 0 Å². The zero-order valence-corrected chi connectivity index (χ0v) is 32.0. The molecule has 4 saturated carbocycles. The molecule has 9 nitrogen and oxygen atoms in total. The molecule has 0 spiro atoms. The van der Waals surface area contributed by atoms with Crippen LogP contribution < -0.4 is 21.7 Å². The van der Waals surface area contributed by atoms with E-state index in [1.807, 2.05) is 13.8 Å². The summed E-state index contributed by atoms with van der Waals surface area (Å²) in [6.07, 6.45) is 15.2. The van der Waals surface area contributed by atoms with Crippen molar-refractivity contribution in [2.45, 2.75) is 137 Å². The van der Waals surface area contributed by atoms with Crippen LogP contribution in [0.15, 0.2) is 0 Å². The number of hydrogen-bond donors (Lipinski definition) is 6. The Kier molecular flexibility index (Phi) is 15.5. The largest absolute Gasteiger partial charge is 0.397 e. The summed E-state index contributed by atoms with van der Waals surface area (Å²) in [5.74, 6) is 3.97. The van der Waals surface area contributed by atoms with E-state index in [1.165, 1.54) is 64.2 Å². The van der Waals surface area contributed by atoms with Crippen LogP contribution >= 0.6 is 0 Å². The third-order valence-corrected chi connectivity index (χ3v) is 14.6. The van der Waals surface area contributed by atoms with Crippen LogP contribution in [0.25, 0.3) is 0 Å². The predicted octanol–water partition coefficient (Wildman–Crippen LogP) is 5.78. The molecule has 11 atom stereocenters. The Balaban J connectivity index is 1.20. The first kappa shape index (κ1) is 40.4. The van der Waals surface area contributed by atoms with Crippen molar-refractivity contribution in [3.63, 3.8) is 0 Å². The van der Waals surface area contributed by atoms with Crippen molar-refractivity contribution in [3.05, 3.63) is 0 Å². The first-order valence-electron chi connectivity index (χ1n) is 20.0. The molecule has 10 heteroatoms. The summed E-state index contributed by atoms with van der Waals surface area (Å²) in [7, 11) is -4.46. The maximum atomic E-state index is 11.8. The van der Waals surface area contributed by atoms with E-state index in [4.69, 9.17) is 9.92 Å². The molecule has 0 heterocycles. The SMILES string of the molecule is CC(C)[C@@H](CC[C@@H](C)[C@H]1CC[C@H]2[C@@H]3[C@H](O)C[C@H]4CC(CNCCCNCCCCNCCCN)CCC4(C)[C@H]3CC[C@]12C)OS(=O)(=O)O. The van der Waals surface area contributed by atoms with Crippen molar-refractivity contribution >= 4 is 10.4 Å². The Labute approximate surface area is 294 Å². The third kappa shape index (κ3) is 10.4. The number of aliphatic hydroxyl groups is 1. The average molecular weight is 699 g/mol. The van der Waals surface area contributed by atoms with Gasteiger partial charge in [0.05, 0.1) is 12.2 Å². The summed E-state index contributed by atoms with van der Waals surface area (Å²) < 4.78 is 37.2. The smallest absolute Gasteiger partial charge is 0.393 e. The minimum atomic E-state index is -4.46. The fourth-order valence-corrected chi connectivity index (χ4v) is 12.0. The van der Waals surface area contributed by atoms with Crippen molar-refractivity contribution in [1.82, 2.24) is 16.0 Å². The summed E-state index contributed by atoms with van der Waals surface area (Å²) in [6.45, 7) is 18.6. The number of aliphatic hydroxyl groups excluding tert-OH is 1. The molecule has 2 unspecified atom stereocenters. The average Bonchev–Trinajstić information content (AvgIpc) is 3.38. The Bertz CT molecular complexity index is 1060. The van der Waals surface area contributed by atoms with Crippen LogP contribution in [-0.2, 0) is 14.6 Å². The van der Waals surface area contributed by atoms with Gasteiger partial charge in [-0.15, -0.1) is 0 Å². The molecular weight excluding hydrogens is 625 g/mol. The van der Waals surface area contributed by atoms with Gasteiger partial charge in [0.25, 0.3) is 0 Å². The zero-order chi connectivity index (χ0) is 35.0. The molecule has 0 aromatic heterocycles. The lowest BCUT2D eigenvalue weighted by atomic mass is 9.43. The summed E-state index contributed by atoms with van der Waals surface area (Å²) in [6, 6.07) is 0. The molecule has 0 bridgehead atoms. The van der Waals surface area contributed by atoms with Crippen LogP contribution in [0.5, 0.6) is 0 Å². The highest BCUT2D eigenvalue weighted by molar-refractivity contribution is 7.80. The maximum absolute atomic E-state index is 11.8. The van der Waals surface area contributed by atoms with E-state index in [2.05, 4.69) is 36.7 Å². The maximum Gasteiger partial charge on any atom is 0.397 e. The molecule has 0 aromatic carbocycles. The lowest BCUT2D eigenvalue weighted by Crippen LogP contribution is -2.58. The summed E-state index contributed by atoms with van der Waals surface area (Å²) in [5.41, 5.74) is 6.10. The normalized spacial score (nSPS) is 36.4. The Morgan fingerprint density at radius 3 is 2.10 bits per heavy atom. The van der Waals surface area contributed by atoms with E-state index >= 15 is 0 Å². The van der Waals surface area contributed by atoms with Crippen molar-refractivity contribution in [1.29, 1.82) is 0 Å². The zero-order valence-electron chi connectivity index (χ0n) is 31.2. The van der Waals surface area contributed by atoms with E-state index < -0.39 is 16.5 Å². The number of rotatable bonds is 21. The van der Waals surface area contributed by atoms with Gasteiger partial charge in [0, 0.05) is 0 Å². The number of nitrogens with two attached hydrogens (primary N) is 1.